The van der Waals surface area contributed by atoms with Crippen LogP contribution in [0.4, 0.5) is 4.39 Å². The first-order valence-electron chi connectivity index (χ1n) is 6.46. The number of benzene rings is 2. The van der Waals surface area contributed by atoms with Crippen LogP contribution in [-0.4, -0.2) is 5.78 Å². The largest absolute Gasteiger partial charge is 0.293 e. The second-order valence-corrected chi connectivity index (χ2v) is 4.54. The summed E-state index contributed by atoms with van der Waals surface area (Å²) in [6.07, 6.45) is 0.643. The Kier molecular flexibility index (Phi) is 4.27. The van der Waals surface area contributed by atoms with Crippen molar-refractivity contribution in [2.45, 2.75) is 19.3 Å². The molecule has 0 aliphatic heterocycles. The first kappa shape index (κ1) is 14.0. The lowest BCUT2D eigenvalue weighted by atomic mass is 9.88. The molecule has 0 heterocycles. The van der Waals surface area contributed by atoms with Gasteiger partial charge in [0, 0.05) is 11.5 Å². The third kappa shape index (κ3) is 2.75. The van der Waals surface area contributed by atoms with Crippen LogP contribution in [-0.2, 0) is 0 Å². The highest BCUT2D eigenvalue weighted by atomic mass is 19.1. The molecule has 2 rings (SSSR count). The summed E-state index contributed by atoms with van der Waals surface area (Å²) in [5.74, 6) is -1.06. The highest BCUT2D eigenvalue weighted by Gasteiger charge is 2.21. The Hall–Kier alpha value is -2.47. The van der Waals surface area contributed by atoms with Crippen molar-refractivity contribution in [2.75, 3.05) is 0 Å². The summed E-state index contributed by atoms with van der Waals surface area (Å²) in [4.78, 5) is 12.5. The molecule has 2 aromatic carbocycles. The Morgan fingerprint density at radius 3 is 2.50 bits per heavy atom. The third-order valence-electron chi connectivity index (χ3n) is 3.30. The number of carbonyl (C=O) groups is 1. The number of rotatable bonds is 4. The fourth-order valence-electron chi connectivity index (χ4n) is 2.22. The molecule has 0 spiro atoms. The van der Waals surface area contributed by atoms with Crippen LogP contribution < -0.4 is 0 Å². The van der Waals surface area contributed by atoms with Crippen LogP contribution in [0.25, 0.3) is 0 Å². The minimum absolute atomic E-state index is 0.0469. The predicted octanol–water partition coefficient (Wildman–Crippen LogP) is 4.07. The van der Waals surface area contributed by atoms with E-state index in [2.05, 4.69) is 0 Å². The lowest BCUT2D eigenvalue weighted by Gasteiger charge is -2.14. The molecule has 100 valence electrons. The Labute approximate surface area is 117 Å². The summed E-state index contributed by atoms with van der Waals surface area (Å²) in [6.45, 7) is 1.93. The number of hydrogen-bond donors (Lipinski definition) is 0. The fraction of sp³-hybridized carbons (Fsp3) is 0.176. The molecule has 0 saturated heterocycles. The van der Waals surface area contributed by atoms with Crippen molar-refractivity contribution in [1.82, 2.24) is 0 Å². The topological polar surface area (TPSA) is 40.9 Å². The Morgan fingerprint density at radius 1 is 1.25 bits per heavy atom. The number of nitriles is 1. The Bertz CT molecular complexity index is 658. The van der Waals surface area contributed by atoms with E-state index in [1.54, 1.807) is 6.07 Å². The van der Waals surface area contributed by atoms with Crippen LogP contribution >= 0.6 is 0 Å². The van der Waals surface area contributed by atoms with Gasteiger partial charge in [-0.05, 0) is 30.2 Å². The summed E-state index contributed by atoms with van der Waals surface area (Å²) in [5.41, 5.74) is 1.18. The van der Waals surface area contributed by atoms with E-state index in [1.807, 2.05) is 37.3 Å². The average molecular weight is 267 g/mol. The van der Waals surface area contributed by atoms with Crippen molar-refractivity contribution in [3.63, 3.8) is 0 Å². The molecule has 0 saturated carbocycles. The summed E-state index contributed by atoms with van der Waals surface area (Å²) >= 11 is 0. The Morgan fingerprint density at radius 2 is 1.95 bits per heavy atom. The van der Waals surface area contributed by atoms with Gasteiger partial charge < -0.3 is 0 Å². The number of hydrogen-bond acceptors (Lipinski definition) is 2. The second kappa shape index (κ2) is 6.12. The van der Waals surface area contributed by atoms with E-state index in [4.69, 9.17) is 5.26 Å². The van der Waals surface area contributed by atoms with E-state index >= 15 is 0 Å². The minimum atomic E-state index is -0.652. The van der Waals surface area contributed by atoms with Crippen molar-refractivity contribution in [3.8, 4) is 6.07 Å². The molecule has 0 aliphatic carbocycles. The van der Waals surface area contributed by atoms with E-state index in [9.17, 15) is 9.18 Å². The third-order valence-corrected chi connectivity index (χ3v) is 3.30. The van der Waals surface area contributed by atoms with Crippen molar-refractivity contribution < 1.29 is 9.18 Å². The van der Waals surface area contributed by atoms with Crippen LogP contribution in [0.1, 0.15) is 40.7 Å². The number of nitrogens with zero attached hydrogens (tertiary/aromatic N) is 1. The standard InChI is InChI=1S/C17H14FNO/c1-2-15(12-6-4-3-5-7-12)17(20)13-8-9-14(11-19)16(18)10-13/h3-10,15H,2H2,1H3. The normalized spacial score (nSPS) is 11.7. The number of ketones is 1. The van der Waals surface area contributed by atoms with E-state index in [-0.39, 0.29) is 17.3 Å². The monoisotopic (exact) mass is 267 g/mol. The first-order chi connectivity index (χ1) is 9.67. The smallest absolute Gasteiger partial charge is 0.170 e. The SMILES string of the molecule is CCC(C(=O)c1ccc(C#N)c(F)c1)c1ccccc1. The summed E-state index contributed by atoms with van der Waals surface area (Å²) in [6, 6.07) is 15.2. The van der Waals surface area contributed by atoms with Gasteiger partial charge in [-0.1, -0.05) is 37.3 Å². The molecule has 2 aromatic rings. The zero-order valence-corrected chi connectivity index (χ0v) is 11.1. The molecular formula is C17H14FNO. The molecule has 0 aromatic heterocycles. The van der Waals surface area contributed by atoms with Gasteiger partial charge in [0.05, 0.1) is 5.56 Å². The Balaban J connectivity index is 2.35. The van der Waals surface area contributed by atoms with E-state index < -0.39 is 5.82 Å². The molecule has 20 heavy (non-hydrogen) atoms. The van der Waals surface area contributed by atoms with E-state index in [0.717, 1.165) is 11.6 Å². The van der Waals surface area contributed by atoms with Gasteiger partial charge >= 0.3 is 0 Å². The molecule has 0 amide bonds. The molecule has 3 heteroatoms. The van der Waals surface area contributed by atoms with E-state index in [1.165, 1.54) is 12.1 Å². The van der Waals surface area contributed by atoms with Crippen LogP contribution in [0.5, 0.6) is 0 Å². The summed E-state index contributed by atoms with van der Waals surface area (Å²) < 4.78 is 13.6. The predicted molar refractivity (Wildman–Crippen MR) is 74.9 cm³/mol. The summed E-state index contributed by atoms with van der Waals surface area (Å²) in [5, 5.41) is 8.71. The lowest BCUT2D eigenvalue weighted by Crippen LogP contribution is -2.12. The molecule has 0 radical (unpaired) electrons. The van der Waals surface area contributed by atoms with Gasteiger partial charge in [0.25, 0.3) is 0 Å². The van der Waals surface area contributed by atoms with Crippen molar-refractivity contribution in [2.24, 2.45) is 0 Å². The molecule has 0 fully saturated rings. The molecule has 1 atom stereocenters. The van der Waals surface area contributed by atoms with E-state index in [0.29, 0.717) is 12.0 Å². The first-order valence-corrected chi connectivity index (χ1v) is 6.46. The quantitative estimate of drug-likeness (QED) is 0.783. The second-order valence-electron chi connectivity index (χ2n) is 4.54. The minimum Gasteiger partial charge on any atom is -0.293 e. The van der Waals surface area contributed by atoms with Crippen molar-refractivity contribution in [3.05, 3.63) is 71.0 Å². The highest BCUT2D eigenvalue weighted by molar-refractivity contribution is 6.01. The van der Waals surface area contributed by atoms with Crippen LogP contribution in [0.15, 0.2) is 48.5 Å². The zero-order valence-electron chi connectivity index (χ0n) is 11.1. The summed E-state index contributed by atoms with van der Waals surface area (Å²) in [7, 11) is 0. The highest BCUT2D eigenvalue weighted by Crippen LogP contribution is 2.24. The molecule has 0 aliphatic rings. The molecule has 2 nitrogen and oxygen atoms in total. The maximum atomic E-state index is 13.6. The molecular weight excluding hydrogens is 253 g/mol. The van der Waals surface area contributed by atoms with Crippen molar-refractivity contribution in [1.29, 1.82) is 5.26 Å². The molecule has 1 unspecified atom stereocenters. The van der Waals surface area contributed by atoms with Gasteiger partial charge in [0.15, 0.2) is 5.78 Å². The van der Waals surface area contributed by atoms with Gasteiger partial charge in [-0.2, -0.15) is 5.26 Å². The molecule has 0 bridgehead atoms. The molecule has 0 N–H and O–H groups in total. The van der Waals surface area contributed by atoms with Crippen molar-refractivity contribution >= 4 is 5.78 Å². The van der Waals surface area contributed by atoms with Gasteiger partial charge in [0.2, 0.25) is 0 Å². The van der Waals surface area contributed by atoms with Gasteiger partial charge in [-0.15, -0.1) is 0 Å². The maximum Gasteiger partial charge on any atom is 0.170 e. The lowest BCUT2D eigenvalue weighted by molar-refractivity contribution is 0.0957. The van der Waals surface area contributed by atoms with Gasteiger partial charge in [-0.3, -0.25) is 4.79 Å². The van der Waals surface area contributed by atoms with Crippen LogP contribution in [0.3, 0.4) is 0 Å². The van der Waals surface area contributed by atoms with Crippen LogP contribution in [0, 0.1) is 17.1 Å². The van der Waals surface area contributed by atoms with Gasteiger partial charge in [-0.25, -0.2) is 4.39 Å². The number of carbonyl (C=O) groups excluding carboxylic acids is 1. The zero-order chi connectivity index (χ0) is 14.5. The van der Waals surface area contributed by atoms with Crippen LogP contribution in [0.2, 0.25) is 0 Å². The number of Topliss-reactive ketones (excluding diaryl/α,β-unsaturated/α-hetero) is 1. The maximum absolute atomic E-state index is 13.6. The number of halogens is 1. The average Bonchev–Trinajstić information content (AvgIpc) is 2.49. The van der Waals surface area contributed by atoms with Gasteiger partial charge in [0.1, 0.15) is 11.9 Å². The fourth-order valence-corrected chi connectivity index (χ4v) is 2.22.